The van der Waals surface area contributed by atoms with E-state index in [-0.39, 0.29) is 24.0 Å². The molecule has 2 fully saturated rings. The van der Waals surface area contributed by atoms with Gasteiger partial charge in [0.1, 0.15) is 5.75 Å². The summed E-state index contributed by atoms with van der Waals surface area (Å²) in [6.45, 7) is 3.06. The fourth-order valence-corrected chi connectivity index (χ4v) is 5.52. The largest absolute Gasteiger partial charge is 0.497 e. The number of hydrogen-bond acceptors (Lipinski definition) is 4. The van der Waals surface area contributed by atoms with Crippen LogP contribution >= 0.6 is 0 Å². The molecule has 2 aliphatic heterocycles. The van der Waals surface area contributed by atoms with Crippen molar-refractivity contribution in [3.8, 4) is 17.6 Å². The van der Waals surface area contributed by atoms with E-state index in [4.69, 9.17) is 10.5 Å². The summed E-state index contributed by atoms with van der Waals surface area (Å²) < 4.78 is 5.22. The monoisotopic (exact) mass is 494 g/mol. The van der Waals surface area contributed by atoms with E-state index < -0.39 is 0 Å². The molecule has 2 amide bonds. The van der Waals surface area contributed by atoms with Crippen LogP contribution in [0.2, 0.25) is 0 Å². The van der Waals surface area contributed by atoms with Crippen molar-refractivity contribution >= 4 is 11.7 Å². The number of benzene rings is 3. The molecular formula is C31H34N4O2. The molecule has 0 aromatic heterocycles. The SMILES string of the molecule is COc1ccc(NC(=O)N2CCCCN3[C@H](CN)[C@H](c4ccc(C#Cc5ccccc5)cc4)[C@@H]3C2)cc1. The van der Waals surface area contributed by atoms with Crippen molar-refractivity contribution < 1.29 is 9.53 Å². The Morgan fingerprint density at radius 1 is 0.946 bits per heavy atom. The van der Waals surface area contributed by atoms with Gasteiger partial charge in [0.15, 0.2) is 0 Å². The number of nitrogens with two attached hydrogens (primary N) is 1. The van der Waals surface area contributed by atoms with Gasteiger partial charge in [0.05, 0.1) is 7.11 Å². The zero-order valence-electron chi connectivity index (χ0n) is 21.3. The van der Waals surface area contributed by atoms with Gasteiger partial charge in [-0.1, -0.05) is 42.2 Å². The molecular weight excluding hydrogens is 460 g/mol. The molecule has 2 saturated heterocycles. The molecule has 0 unspecified atom stereocenters. The fourth-order valence-electron chi connectivity index (χ4n) is 5.52. The highest BCUT2D eigenvalue weighted by molar-refractivity contribution is 5.89. The Labute approximate surface area is 219 Å². The number of carbonyl (C=O) groups excluding carboxylic acids is 1. The average Bonchev–Trinajstić information content (AvgIpc) is 2.92. The number of methoxy groups -OCH3 is 1. The number of hydrogen-bond donors (Lipinski definition) is 2. The minimum atomic E-state index is -0.0616. The minimum Gasteiger partial charge on any atom is -0.497 e. The third-order valence-electron chi connectivity index (χ3n) is 7.47. The number of carbonyl (C=O) groups is 1. The normalized spacial score (nSPS) is 21.4. The number of amides is 2. The van der Waals surface area contributed by atoms with Gasteiger partial charge >= 0.3 is 6.03 Å². The lowest BCUT2D eigenvalue weighted by Crippen LogP contribution is -2.68. The summed E-state index contributed by atoms with van der Waals surface area (Å²) in [5.74, 6) is 7.54. The van der Waals surface area contributed by atoms with Crippen molar-refractivity contribution in [2.24, 2.45) is 5.73 Å². The molecule has 0 saturated carbocycles. The predicted molar refractivity (Wildman–Crippen MR) is 148 cm³/mol. The molecule has 0 spiro atoms. The third-order valence-corrected chi connectivity index (χ3v) is 7.47. The molecule has 37 heavy (non-hydrogen) atoms. The zero-order chi connectivity index (χ0) is 25.6. The van der Waals surface area contributed by atoms with E-state index >= 15 is 0 Å². The number of anilines is 1. The van der Waals surface area contributed by atoms with Crippen LogP contribution in [0.4, 0.5) is 10.5 Å². The van der Waals surface area contributed by atoms with Crippen LogP contribution in [0.25, 0.3) is 0 Å². The lowest BCUT2D eigenvalue weighted by atomic mass is 9.74. The minimum absolute atomic E-state index is 0.0616. The van der Waals surface area contributed by atoms with E-state index in [2.05, 4.69) is 46.3 Å². The third kappa shape index (κ3) is 5.64. The van der Waals surface area contributed by atoms with Crippen LogP contribution in [0.15, 0.2) is 78.9 Å². The first-order chi connectivity index (χ1) is 18.2. The Balaban J connectivity index is 1.30. The van der Waals surface area contributed by atoms with Crippen LogP contribution in [0.3, 0.4) is 0 Å². The predicted octanol–water partition coefficient (Wildman–Crippen LogP) is 4.52. The van der Waals surface area contributed by atoms with Crippen LogP contribution < -0.4 is 15.8 Å². The number of ether oxygens (including phenoxy) is 1. The van der Waals surface area contributed by atoms with Gasteiger partial charge < -0.3 is 20.7 Å². The van der Waals surface area contributed by atoms with Gasteiger partial charge in [-0.3, -0.25) is 4.90 Å². The number of rotatable bonds is 4. The molecule has 0 bridgehead atoms. The van der Waals surface area contributed by atoms with E-state index in [1.165, 1.54) is 5.56 Å². The van der Waals surface area contributed by atoms with Crippen molar-refractivity contribution in [2.45, 2.75) is 30.8 Å². The summed E-state index contributed by atoms with van der Waals surface area (Å²) in [5.41, 5.74) is 10.3. The van der Waals surface area contributed by atoms with Gasteiger partial charge in [0.2, 0.25) is 0 Å². The standard InChI is InChI=1S/C31H34N4O2/c1-37-27-17-15-26(16-18-27)33-31(36)34-19-5-6-20-35-28(21-32)30(29(35)22-34)25-13-11-24(12-14-25)10-9-23-7-3-2-4-8-23/h2-4,7-8,11-18,28-30H,5-6,19-22,32H2,1H3,(H,33,36)/t28-,29+,30+/m1/s1. The maximum atomic E-state index is 13.2. The van der Waals surface area contributed by atoms with Crippen molar-refractivity contribution in [3.05, 3.63) is 95.6 Å². The maximum Gasteiger partial charge on any atom is 0.321 e. The Kier molecular flexibility index (Phi) is 7.74. The van der Waals surface area contributed by atoms with E-state index in [9.17, 15) is 4.79 Å². The first-order valence-electron chi connectivity index (χ1n) is 13.0. The number of nitrogens with zero attached hydrogens (tertiary/aromatic N) is 2. The lowest BCUT2D eigenvalue weighted by Gasteiger charge is -2.57. The van der Waals surface area contributed by atoms with E-state index in [1.807, 2.05) is 59.5 Å². The van der Waals surface area contributed by atoms with Crippen LogP contribution in [-0.4, -0.2) is 61.2 Å². The van der Waals surface area contributed by atoms with Crippen molar-refractivity contribution in [1.82, 2.24) is 9.80 Å². The van der Waals surface area contributed by atoms with Crippen LogP contribution in [0, 0.1) is 11.8 Å². The Hall–Kier alpha value is -3.79. The second kappa shape index (κ2) is 11.5. The summed E-state index contributed by atoms with van der Waals surface area (Å²) in [5, 5.41) is 3.06. The summed E-state index contributed by atoms with van der Waals surface area (Å²) in [6, 6.07) is 26.5. The van der Waals surface area contributed by atoms with E-state index in [0.717, 1.165) is 48.5 Å². The molecule has 6 nitrogen and oxygen atoms in total. The maximum absolute atomic E-state index is 13.2. The highest BCUT2D eigenvalue weighted by atomic mass is 16.5. The smallest absolute Gasteiger partial charge is 0.321 e. The van der Waals surface area contributed by atoms with Crippen LogP contribution in [0.1, 0.15) is 35.4 Å². The lowest BCUT2D eigenvalue weighted by molar-refractivity contribution is -0.0305. The molecule has 2 aliphatic rings. The molecule has 0 radical (unpaired) electrons. The van der Waals surface area contributed by atoms with Gasteiger partial charge in [-0.25, -0.2) is 4.79 Å². The molecule has 0 aliphatic carbocycles. The molecule has 3 atom stereocenters. The van der Waals surface area contributed by atoms with Gasteiger partial charge in [-0.15, -0.1) is 0 Å². The summed E-state index contributed by atoms with van der Waals surface area (Å²) in [4.78, 5) is 17.7. The van der Waals surface area contributed by atoms with Gasteiger partial charge in [-0.05, 0) is 73.5 Å². The molecule has 3 N–H and O–H groups in total. The summed E-state index contributed by atoms with van der Waals surface area (Å²) in [6.07, 6.45) is 2.04. The van der Waals surface area contributed by atoms with E-state index in [1.54, 1.807) is 7.11 Å². The molecule has 5 rings (SSSR count). The summed E-state index contributed by atoms with van der Waals surface area (Å²) in [7, 11) is 1.63. The van der Waals surface area contributed by atoms with Crippen molar-refractivity contribution in [2.75, 3.05) is 38.6 Å². The molecule has 3 aromatic rings. The van der Waals surface area contributed by atoms with Crippen LogP contribution in [-0.2, 0) is 0 Å². The molecule has 6 heteroatoms. The molecule has 3 aromatic carbocycles. The second-order valence-corrected chi connectivity index (χ2v) is 9.68. The average molecular weight is 495 g/mol. The molecule has 190 valence electrons. The highest BCUT2D eigenvalue weighted by Crippen LogP contribution is 2.41. The Bertz CT molecular complexity index is 1250. The first kappa shape index (κ1) is 24.9. The van der Waals surface area contributed by atoms with Gasteiger partial charge in [0.25, 0.3) is 0 Å². The number of fused-ring (bicyclic) bond motifs is 1. The topological polar surface area (TPSA) is 70.8 Å². The quantitative estimate of drug-likeness (QED) is 0.524. The Morgan fingerprint density at radius 2 is 1.62 bits per heavy atom. The van der Waals surface area contributed by atoms with Crippen molar-refractivity contribution in [3.63, 3.8) is 0 Å². The van der Waals surface area contributed by atoms with Gasteiger partial charge in [0, 0.05) is 54.5 Å². The fraction of sp³-hybridized carbons (Fsp3) is 0.323. The van der Waals surface area contributed by atoms with Crippen molar-refractivity contribution in [1.29, 1.82) is 0 Å². The van der Waals surface area contributed by atoms with E-state index in [0.29, 0.717) is 13.1 Å². The Morgan fingerprint density at radius 3 is 2.30 bits per heavy atom. The second-order valence-electron chi connectivity index (χ2n) is 9.68. The van der Waals surface area contributed by atoms with Crippen LogP contribution in [0.5, 0.6) is 5.75 Å². The first-order valence-corrected chi connectivity index (χ1v) is 13.0. The van der Waals surface area contributed by atoms with Gasteiger partial charge in [-0.2, -0.15) is 0 Å². The highest BCUT2D eigenvalue weighted by Gasteiger charge is 2.49. The number of nitrogens with one attached hydrogen (secondary N) is 1. The summed E-state index contributed by atoms with van der Waals surface area (Å²) >= 11 is 0. The zero-order valence-corrected chi connectivity index (χ0v) is 21.3. The number of urea groups is 1. The molecule has 2 heterocycles.